The van der Waals surface area contributed by atoms with E-state index in [2.05, 4.69) is 16.5 Å². The van der Waals surface area contributed by atoms with Gasteiger partial charge in [0.25, 0.3) is 0 Å². The van der Waals surface area contributed by atoms with E-state index in [0.29, 0.717) is 0 Å². The van der Waals surface area contributed by atoms with E-state index >= 15 is 0 Å². The number of fused-ring (bicyclic) bond motifs is 1. The summed E-state index contributed by atoms with van der Waals surface area (Å²) in [6.07, 6.45) is 5.48. The summed E-state index contributed by atoms with van der Waals surface area (Å²) >= 11 is 0. The van der Waals surface area contributed by atoms with Crippen LogP contribution in [0.5, 0.6) is 0 Å². The standard InChI is InChI=1S/C9H8N2/c1-2-7-3-5-10-9-8(7)4-6-11-9/h2-6H,1H2,(H,10,11). The van der Waals surface area contributed by atoms with Crippen molar-refractivity contribution < 1.29 is 0 Å². The number of nitrogens with one attached hydrogen (secondary N) is 1. The predicted octanol–water partition coefficient (Wildman–Crippen LogP) is 2.21. The van der Waals surface area contributed by atoms with Gasteiger partial charge >= 0.3 is 0 Å². The Hall–Kier alpha value is -1.57. The van der Waals surface area contributed by atoms with Crippen LogP contribution in [0.25, 0.3) is 17.1 Å². The van der Waals surface area contributed by atoms with Crippen LogP contribution in [0.2, 0.25) is 0 Å². The molecule has 11 heavy (non-hydrogen) atoms. The van der Waals surface area contributed by atoms with Crippen molar-refractivity contribution in [2.75, 3.05) is 0 Å². The molecule has 1 N–H and O–H groups in total. The molecule has 0 unspecified atom stereocenters. The molecule has 0 saturated heterocycles. The summed E-state index contributed by atoms with van der Waals surface area (Å²) in [4.78, 5) is 7.18. The molecule has 0 atom stereocenters. The van der Waals surface area contributed by atoms with Crippen LogP contribution >= 0.6 is 0 Å². The lowest BCUT2D eigenvalue weighted by Crippen LogP contribution is -1.77. The van der Waals surface area contributed by atoms with Gasteiger partial charge in [-0.15, -0.1) is 0 Å². The molecule has 54 valence electrons. The highest BCUT2D eigenvalue weighted by Gasteiger charge is 1.96. The molecule has 0 aliphatic heterocycles. The minimum Gasteiger partial charge on any atom is -0.346 e. The quantitative estimate of drug-likeness (QED) is 0.653. The Labute approximate surface area is 64.6 Å². The Morgan fingerprint density at radius 1 is 1.45 bits per heavy atom. The summed E-state index contributed by atoms with van der Waals surface area (Å²) in [5.41, 5.74) is 2.04. The normalized spacial score (nSPS) is 10.2. The molecule has 0 amide bonds. The molecule has 2 heteroatoms. The fourth-order valence-corrected chi connectivity index (χ4v) is 1.16. The molecule has 2 aromatic heterocycles. The SMILES string of the molecule is C=Cc1ccnc2[nH]ccc12. The molecule has 0 aliphatic rings. The van der Waals surface area contributed by atoms with Crippen LogP contribution in [-0.2, 0) is 0 Å². The third-order valence-electron chi connectivity index (χ3n) is 1.71. The monoisotopic (exact) mass is 144 g/mol. The molecule has 2 nitrogen and oxygen atoms in total. The van der Waals surface area contributed by atoms with Crippen molar-refractivity contribution in [3.05, 3.63) is 36.7 Å². The van der Waals surface area contributed by atoms with E-state index in [1.807, 2.05) is 24.4 Å². The molecular weight excluding hydrogens is 136 g/mol. The van der Waals surface area contributed by atoms with Crippen LogP contribution in [0.3, 0.4) is 0 Å². The van der Waals surface area contributed by atoms with Crippen molar-refractivity contribution >= 4 is 17.1 Å². The van der Waals surface area contributed by atoms with Crippen molar-refractivity contribution in [3.8, 4) is 0 Å². The molecule has 2 heterocycles. The largest absolute Gasteiger partial charge is 0.346 e. The van der Waals surface area contributed by atoms with Crippen LogP contribution in [0.15, 0.2) is 31.1 Å². The van der Waals surface area contributed by atoms with Crippen LogP contribution in [-0.4, -0.2) is 9.97 Å². The van der Waals surface area contributed by atoms with Gasteiger partial charge in [0.15, 0.2) is 0 Å². The Bertz CT molecular complexity index is 387. The second-order valence-corrected chi connectivity index (χ2v) is 2.34. The smallest absolute Gasteiger partial charge is 0.137 e. The first-order chi connectivity index (χ1) is 5.42. The second-order valence-electron chi connectivity index (χ2n) is 2.34. The van der Waals surface area contributed by atoms with Gasteiger partial charge in [0.1, 0.15) is 5.65 Å². The first-order valence-corrected chi connectivity index (χ1v) is 3.46. The van der Waals surface area contributed by atoms with Crippen molar-refractivity contribution in [3.63, 3.8) is 0 Å². The highest BCUT2D eigenvalue weighted by atomic mass is 14.8. The molecular formula is C9H8N2. The number of hydrogen-bond acceptors (Lipinski definition) is 1. The fraction of sp³-hybridized carbons (Fsp3) is 0. The maximum Gasteiger partial charge on any atom is 0.137 e. The lowest BCUT2D eigenvalue weighted by atomic mass is 10.2. The summed E-state index contributed by atoms with van der Waals surface area (Å²) in [6, 6.07) is 3.95. The summed E-state index contributed by atoms with van der Waals surface area (Å²) in [5.74, 6) is 0. The molecule has 2 aromatic rings. The van der Waals surface area contributed by atoms with Crippen LogP contribution in [0, 0.1) is 0 Å². The van der Waals surface area contributed by atoms with Gasteiger partial charge in [-0.1, -0.05) is 12.7 Å². The van der Waals surface area contributed by atoms with E-state index in [-0.39, 0.29) is 0 Å². The Balaban J connectivity index is 2.88. The van der Waals surface area contributed by atoms with E-state index in [1.165, 1.54) is 0 Å². The number of aromatic amines is 1. The van der Waals surface area contributed by atoms with Crippen molar-refractivity contribution in [2.45, 2.75) is 0 Å². The van der Waals surface area contributed by atoms with Crippen LogP contribution in [0.1, 0.15) is 5.56 Å². The maximum absolute atomic E-state index is 4.15. The third-order valence-corrected chi connectivity index (χ3v) is 1.71. The zero-order valence-corrected chi connectivity index (χ0v) is 6.04. The third kappa shape index (κ3) is 0.835. The Morgan fingerprint density at radius 3 is 3.18 bits per heavy atom. The van der Waals surface area contributed by atoms with Crippen molar-refractivity contribution in [2.24, 2.45) is 0 Å². The highest BCUT2D eigenvalue weighted by molar-refractivity contribution is 5.85. The lowest BCUT2D eigenvalue weighted by Gasteiger charge is -1.92. The highest BCUT2D eigenvalue weighted by Crippen LogP contribution is 2.15. The van der Waals surface area contributed by atoms with Gasteiger partial charge in [-0.3, -0.25) is 0 Å². The first kappa shape index (κ1) is 6.16. The molecule has 0 spiro atoms. The minimum absolute atomic E-state index is 0.919. The van der Waals surface area contributed by atoms with Gasteiger partial charge in [0, 0.05) is 17.8 Å². The first-order valence-electron chi connectivity index (χ1n) is 3.46. The number of nitrogens with zero attached hydrogens (tertiary/aromatic N) is 1. The average Bonchev–Trinajstić information content (AvgIpc) is 2.50. The van der Waals surface area contributed by atoms with Gasteiger partial charge in [0.2, 0.25) is 0 Å². The number of hydrogen-bond donors (Lipinski definition) is 1. The minimum atomic E-state index is 0.919. The summed E-state index contributed by atoms with van der Waals surface area (Å²) in [7, 11) is 0. The van der Waals surface area contributed by atoms with Crippen molar-refractivity contribution in [1.29, 1.82) is 0 Å². The molecule has 0 aromatic carbocycles. The number of pyridine rings is 1. The predicted molar refractivity (Wildman–Crippen MR) is 46.2 cm³/mol. The fourth-order valence-electron chi connectivity index (χ4n) is 1.16. The maximum atomic E-state index is 4.15. The Morgan fingerprint density at radius 2 is 2.36 bits per heavy atom. The molecule has 0 saturated carbocycles. The number of rotatable bonds is 1. The van der Waals surface area contributed by atoms with Gasteiger partial charge < -0.3 is 4.98 Å². The lowest BCUT2D eigenvalue weighted by molar-refractivity contribution is 1.32. The van der Waals surface area contributed by atoms with E-state index in [9.17, 15) is 0 Å². The van der Waals surface area contributed by atoms with Gasteiger partial charge in [-0.25, -0.2) is 4.98 Å². The van der Waals surface area contributed by atoms with Gasteiger partial charge in [-0.05, 0) is 17.7 Å². The second kappa shape index (κ2) is 2.23. The van der Waals surface area contributed by atoms with Gasteiger partial charge in [0.05, 0.1) is 0 Å². The van der Waals surface area contributed by atoms with Crippen molar-refractivity contribution in [1.82, 2.24) is 9.97 Å². The summed E-state index contributed by atoms with van der Waals surface area (Å²) in [6.45, 7) is 3.72. The average molecular weight is 144 g/mol. The van der Waals surface area contributed by atoms with Crippen LogP contribution < -0.4 is 0 Å². The Kier molecular flexibility index (Phi) is 1.25. The van der Waals surface area contributed by atoms with E-state index in [4.69, 9.17) is 0 Å². The molecule has 0 fully saturated rings. The van der Waals surface area contributed by atoms with E-state index < -0.39 is 0 Å². The van der Waals surface area contributed by atoms with E-state index in [0.717, 1.165) is 16.6 Å². The number of aromatic nitrogens is 2. The zero-order chi connectivity index (χ0) is 7.68. The van der Waals surface area contributed by atoms with Crippen LogP contribution in [0.4, 0.5) is 0 Å². The molecule has 0 aliphatic carbocycles. The number of H-pyrrole nitrogens is 1. The molecule has 0 radical (unpaired) electrons. The topological polar surface area (TPSA) is 28.7 Å². The van der Waals surface area contributed by atoms with E-state index in [1.54, 1.807) is 6.20 Å². The van der Waals surface area contributed by atoms with Gasteiger partial charge in [-0.2, -0.15) is 0 Å². The summed E-state index contributed by atoms with van der Waals surface area (Å²) < 4.78 is 0. The zero-order valence-electron chi connectivity index (χ0n) is 6.04. The summed E-state index contributed by atoms with van der Waals surface area (Å²) in [5, 5.41) is 1.13. The molecule has 2 rings (SSSR count). The molecule has 0 bridgehead atoms.